The van der Waals surface area contributed by atoms with Gasteiger partial charge in [0.05, 0.1) is 11.0 Å². The zero-order valence-electron chi connectivity index (χ0n) is 10.3. The van der Waals surface area contributed by atoms with E-state index in [1.54, 1.807) is 24.1 Å². The van der Waals surface area contributed by atoms with Crippen LogP contribution in [0.25, 0.3) is 0 Å². The van der Waals surface area contributed by atoms with Crippen LogP contribution < -0.4 is 0 Å². The number of benzene rings is 1. The molecule has 0 fully saturated rings. The number of carbonyl (C=O) groups is 1. The summed E-state index contributed by atoms with van der Waals surface area (Å²) in [5, 5.41) is 11.3. The molecular formula is C12H15BrN2O3. The minimum Gasteiger partial charge on any atom is -0.339 e. The number of nitro benzene ring substituents is 1. The van der Waals surface area contributed by atoms with Crippen molar-refractivity contribution in [1.82, 2.24) is 4.90 Å². The minimum atomic E-state index is -0.434. The minimum absolute atomic E-state index is 0.00545. The van der Waals surface area contributed by atoms with Crippen molar-refractivity contribution in [3.8, 4) is 0 Å². The van der Waals surface area contributed by atoms with E-state index in [0.717, 1.165) is 5.56 Å². The maximum absolute atomic E-state index is 11.7. The molecule has 0 aliphatic heterocycles. The monoisotopic (exact) mass is 314 g/mol. The van der Waals surface area contributed by atoms with Crippen molar-refractivity contribution in [2.24, 2.45) is 0 Å². The number of hydrogen-bond acceptors (Lipinski definition) is 3. The second-order valence-electron chi connectivity index (χ2n) is 3.97. The number of nitro groups is 1. The van der Waals surface area contributed by atoms with Gasteiger partial charge in [-0.1, -0.05) is 28.1 Å². The van der Waals surface area contributed by atoms with E-state index in [1.807, 2.05) is 6.92 Å². The van der Waals surface area contributed by atoms with Crippen molar-refractivity contribution in [1.29, 1.82) is 0 Å². The number of non-ortho nitro benzene ring substituents is 1. The van der Waals surface area contributed by atoms with Gasteiger partial charge >= 0.3 is 0 Å². The average molecular weight is 315 g/mol. The molecule has 1 amide bonds. The predicted octanol–water partition coefficient (Wildman–Crippen LogP) is 2.90. The van der Waals surface area contributed by atoms with Gasteiger partial charge in [-0.3, -0.25) is 14.9 Å². The van der Waals surface area contributed by atoms with Crippen LogP contribution in [0, 0.1) is 10.1 Å². The van der Waals surface area contributed by atoms with Gasteiger partial charge in [-0.05, 0) is 12.5 Å². The lowest BCUT2D eigenvalue weighted by Gasteiger charge is -2.25. The van der Waals surface area contributed by atoms with Crippen molar-refractivity contribution in [2.45, 2.75) is 19.4 Å². The van der Waals surface area contributed by atoms with Crippen molar-refractivity contribution in [2.75, 3.05) is 12.4 Å². The van der Waals surface area contributed by atoms with Gasteiger partial charge < -0.3 is 4.90 Å². The summed E-state index contributed by atoms with van der Waals surface area (Å²) in [4.78, 5) is 23.6. The molecule has 0 spiro atoms. The number of nitrogens with zero attached hydrogens (tertiary/aromatic N) is 2. The second kappa shape index (κ2) is 6.49. The third-order valence-electron chi connectivity index (χ3n) is 2.85. The molecule has 6 heteroatoms. The van der Waals surface area contributed by atoms with E-state index in [-0.39, 0.29) is 17.6 Å². The van der Waals surface area contributed by atoms with Crippen LogP contribution in [0.1, 0.15) is 24.9 Å². The Morgan fingerprint density at radius 3 is 2.78 bits per heavy atom. The van der Waals surface area contributed by atoms with Crippen LogP contribution in [-0.2, 0) is 4.79 Å². The Balaban J connectivity index is 2.89. The lowest BCUT2D eigenvalue weighted by Crippen LogP contribution is -2.29. The Bertz CT molecular complexity index is 451. The average Bonchev–Trinajstić information content (AvgIpc) is 2.37. The van der Waals surface area contributed by atoms with Crippen molar-refractivity contribution in [3.63, 3.8) is 0 Å². The molecule has 1 atom stereocenters. The zero-order valence-corrected chi connectivity index (χ0v) is 11.9. The third kappa shape index (κ3) is 3.53. The van der Waals surface area contributed by atoms with Gasteiger partial charge in [0.15, 0.2) is 0 Å². The summed E-state index contributed by atoms with van der Waals surface area (Å²) in [5.74, 6) is 0.00545. The fourth-order valence-corrected chi connectivity index (χ4v) is 1.93. The van der Waals surface area contributed by atoms with E-state index in [9.17, 15) is 14.9 Å². The smallest absolute Gasteiger partial charge is 0.269 e. The van der Waals surface area contributed by atoms with E-state index >= 15 is 0 Å². The number of amides is 1. The lowest BCUT2D eigenvalue weighted by atomic mass is 10.1. The summed E-state index contributed by atoms with van der Waals surface area (Å²) in [6.45, 7) is 1.85. The first-order valence-electron chi connectivity index (χ1n) is 5.53. The first-order valence-corrected chi connectivity index (χ1v) is 6.65. The normalized spacial score (nSPS) is 11.9. The molecule has 0 aliphatic carbocycles. The molecule has 18 heavy (non-hydrogen) atoms. The highest BCUT2D eigenvalue weighted by Gasteiger charge is 2.18. The molecule has 1 aromatic rings. The van der Waals surface area contributed by atoms with Crippen LogP contribution in [0.15, 0.2) is 24.3 Å². The number of carbonyl (C=O) groups excluding carboxylic acids is 1. The number of alkyl halides is 1. The maximum Gasteiger partial charge on any atom is 0.269 e. The van der Waals surface area contributed by atoms with Crippen LogP contribution in [0.2, 0.25) is 0 Å². The van der Waals surface area contributed by atoms with Crippen LogP contribution >= 0.6 is 15.9 Å². The van der Waals surface area contributed by atoms with Gasteiger partial charge in [0.1, 0.15) is 0 Å². The fraction of sp³-hybridized carbons (Fsp3) is 0.417. The van der Waals surface area contributed by atoms with Gasteiger partial charge in [0.25, 0.3) is 5.69 Å². The number of halogens is 1. The first-order chi connectivity index (χ1) is 8.47. The topological polar surface area (TPSA) is 63.5 Å². The fourth-order valence-electron chi connectivity index (χ4n) is 1.60. The summed E-state index contributed by atoms with van der Waals surface area (Å²) in [6.07, 6.45) is 0.412. The molecule has 0 N–H and O–H groups in total. The highest BCUT2D eigenvalue weighted by atomic mass is 79.9. The number of hydrogen-bond donors (Lipinski definition) is 0. The summed E-state index contributed by atoms with van der Waals surface area (Å²) >= 11 is 3.22. The van der Waals surface area contributed by atoms with E-state index < -0.39 is 4.92 Å². The summed E-state index contributed by atoms with van der Waals surface area (Å²) in [5.41, 5.74) is 0.801. The zero-order chi connectivity index (χ0) is 13.7. The van der Waals surface area contributed by atoms with Gasteiger partial charge in [0, 0.05) is 30.9 Å². The quantitative estimate of drug-likeness (QED) is 0.477. The van der Waals surface area contributed by atoms with Crippen LogP contribution in [-0.4, -0.2) is 28.1 Å². The molecular weight excluding hydrogens is 300 g/mol. The lowest BCUT2D eigenvalue weighted by molar-refractivity contribution is -0.384. The molecule has 5 nitrogen and oxygen atoms in total. The molecule has 1 unspecified atom stereocenters. The third-order valence-corrected chi connectivity index (χ3v) is 3.24. The van der Waals surface area contributed by atoms with Crippen LogP contribution in [0.3, 0.4) is 0 Å². The van der Waals surface area contributed by atoms with Gasteiger partial charge in [-0.25, -0.2) is 0 Å². The van der Waals surface area contributed by atoms with E-state index in [1.165, 1.54) is 12.1 Å². The molecule has 0 saturated carbocycles. The van der Waals surface area contributed by atoms with E-state index in [2.05, 4.69) is 15.9 Å². The van der Waals surface area contributed by atoms with Gasteiger partial charge in [-0.15, -0.1) is 0 Å². The summed E-state index contributed by atoms with van der Waals surface area (Å²) < 4.78 is 0. The maximum atomic E-state index is 11.7. The summed E-state index contributed by atoms with van der Waals surface area (Å²) in [7, 11) is 1.70. The highest BCUT2D eigenvalue weighted by Crippen LogP contribution is 2.23. The Kier molecular flexibility index (Phi) is 5.27. The van der Waals surface area contributed by atoms with Crippen LogP contribution in [0.5, 0.6) is 0 Å². The van der Waals surface area contributed by atoms with Crippen molar-refractivity contribution in [3.05, 3.63) is 39.9 Å². The summed E-state index contributed by atoms with van der Waals surface area (Å²) in [6, 6.07) is 6.18. The Morgan fingerprint density at radius 2 is 2.22 bits per heavy atom. The Labute approximate surface area is 114 Å². The Morgan fingerprint density at radius 1 is 1.56 bits per heavy atom. The molecule has 1 aromatic carbocycles. The van der Waals surface area contributed by atoms with E-state index in [4.69, 9.17) is 0 Å². The molecule has 0 radical (unpaired) electrons. The molecule has 1 rings (SSSR count). The standard InChI is InChI=1S/C12H15BrN2O3/c1-9(14(2)12(16)6-7-13)10-4-3-5-11(8-10)15(17)18/h3-5,8-9H,6-7H2,1-2H3. The molecule has 0 bridgehead atoms. The second-order valence-corrected chi connectivity index (χ2v) is 4.76. The first kappa shape index (κ1) is 14.6. The van der Waals surface area contributed by atoms with E-state index in [0.29, 0.717) is 11.8 Å². The highest BCUT2D eigenvalue weighted by molar-refractivity contribution is 9.09. The van der Waals surface area contributed by atoms with Gasteiger partial charge in [-0.2, -0.15) is 0 Å². The molecule has 0 aliphatic rings. The molecule has 0 heterocycles. The molecule has 0 saturated heterocycles. The van der Waals surface area contributed by atoms with Gasteiger partial charge in [0.2, 0.25) is 5.91 Å². The van der Waals surface area contributed by atoms with Crippen molar-refractivity contribution < 1.29 is 9.72 Å². The molecule has 98 valence electrons. The Hall–Kier alpha value is -1.43. The van der Waals surface area contributed by atoms with Crippen LogP contribution in [0.4, 0.5) is 5.69 Å². The predicted molar refractivity (Wildman–Crippen MR) is 72.7 cm³/mol. The SMILES string of the molecule is CC(c1cccc([N+](=O)[O-])c1)N(C)C(=O)CCBr. The van der Waals surface area contributed by atoms with Crippen molar-refractivity contribution >= 4 is 27.5 Å². The largest absolute Gasteiger partial charge is 0.339 e. The molecule has 0 aromatic heterocycles. The number of rotatable bonds is 5.